The Balaban J connectivity index is 2.63. The molecule has 0 spiro atoms. The molecule has 4 unspecified atom stereocenters. The number of hydrogen-bond acceptors (Lipinski definition) is 5. The fourth-order valence-electron chi connectivity index (χ4n) is 1.29. The highest BCUT2D eigenvalue weighted by Crippen LogP contribution is 2.24. The minimum absolute atomic E-state index is 0.276. The van der Waals surface area contributed by atoms with Crippen molar-refractivity contribution in [1.29, 1.82) is 0 Å². The van der Waals surface area contributed by atoms with Gasteiger partial charge in [-0.15, -0.1) is 0 Å². The van der Waals surface area contributed by atoms with Crippen LogP contribution in [0.1, 0.15) is 6.92 Å². The first-order valence-electron chi connectivity index (χ1n) is 3.88. The summed E-state index contributed by atoms with van der Waals surface area (Å²) in [6.07, 6.45) is -4.36. The molecule has 0 bridgehead atoms. The molecule has 0 aromatic heterocycles. The quantitative estimate of drug-likeness (QED) is 0.375. The lowest BCUT2D eigenvalue weighted by molar-refractivity contribution is -0.271. The lowest BCUT2D eigenvalue weighted by Crippen LogP contribution is -2.54. The van der Waals surface area contributed by atoms with Crippen molar-refractivity contribution < 1.29 is 25.2 Å². The van der Waals surface area contributed by atoms with E-state index in [1.807, 2.05) is 0 Å². The average Bonchev–Trinajstić information content (AvgIpc) is 2.08. The van der Waals surface area contributed by atoms with E-state index < -0.39 is 24.6 Å². The summed E-state index contributed by atoms with van der Waals surface area (Å²) in [6.45, 7) is 1.36. The molecule has 5 nitrogen and oxygen atoms in total. The van der Waals surface area contributed by atoms with Gasteiger partial charge in [-0.2, -0.15) is 0 Å². The van der Waals surface area contributed by atoms with Gasteiger partial charge in [0.25, 0.3) is 0 Å². The molecule has 5 atom stereocenters. The summed E-state index contributed by atoms with van der Waals surface area (Å²) in [6, 6.07) is 0. The second-order valence-electron chi connectivity index (χ2n) is 3.09. The number of ether oxygens (including phenoxy) is 1. The zero-order chi connectivity index (χ0) is 9.30. The van der Waals surface area contributed by atoms with E-state index in [2.05, 4.69) is 0 Å². The molecule has 0 aromatic rings. The zero-order valence-electron chi connectivity index (χ0n) is 6.79. The lowest BCUT2D eigenvalue weighted by Gasteiger charge is -2.38. The number of hydrogen-bond donors (Lipinski definition) is 4. The lowest BCUT2D eigenvalue weighted by atomic mass is 9.91. The first-order valence-corrected chi connectivity index (χ1v) is 3.88. The highest BCUT2D eigenvalue weighted by molar-refractivity contribution is 4.85. The van der Waals surface area contributed by atoms with Gasteiger partial charge in [-0.1, -0.05) is 6.92 Å². The number of aliphatic hydroxyl groups excluding tert-OH is 4. The fraction of sp³-hybridized carbons (Fsp3) is 1.00. The third-order valence-electron chi connectivity index (χ3n) is 2.26. The predicted octanol–water partition coefficient (Wildman–Crippen LogP) is -1.95. The summed E-state index contributed by atoms with van der Waals surface area (Å²) in [5.41, 5.74) is 0. The molecule has 1 saturated heterocycles. The van der Waals surface area contributed by atoms with E-state index in [1.165, 1.54) is 0 Å². The fourth-order valence-corrected chi connectivity index (χ4v) is 1.29. The minimum Gasteiger partial charge on any atom is -0.394 e. The molecule has 0 radical (unpaired) electrons. The molecule has 1 rings (SSSR count). The Hall–Kier alpha value is -0.200. The average molecular weight is 178 g/mol. The van der Waals surface area contributed by atoms with E-state index in [9.17, 15) is 5.11 Å². The second kappa shape index (κ2) is 3.68. The normalized spacial score (nSPS) is 49.2. The molecule has 1 aliphatic heterocycles. The summed E-state index contributed by atoms with van der Waals surface area (Å²) < 4.78 is 4.83. The molecule has 12 heavy (non-hydrogen) atoms. The Kier molecular flexibility index (Phi) is 3.03. The van der Waals surface area contributed by atoms with Crippen molar-refractivity contribution in [2.24, 2.45) is 5.92 Å². The van der Waals surface area contributed by atoms with Crippen molar-refractivity contribution in [2.75, 3.05) is 6.61 Å². The van der Waals surface area contributed by atoms with E-state index >= 15 is 0 Å². The minimum atomic E-state index is -1.41. The summed E-state index contributed by atoms with van der Waals surface area (Å²) >= 11 is 0. The SMILES string of the molecule is C[C@@H]1C(CO)OC(O)C(O)C1O. The van der Waals surface area contributed by atoms with Gasteiger partial charge in [-0.3, -0.25) is 0 Å². The molecule has 5 heteroatoms. The summed E-state index contributed by atoms with van der Waals surface area (Å²) in [5.74, 6) is -0.381. The van der Waals surface area contributed by atoms with Gasteiger partial charge in [-0.25, -0.2) is 0 Å². The van der Waals surface area contributed by atoms with Crippen LogP contribution in [0.4, 0.5) is 0 Å². The molecular weight excluding hydrogens is 164 g/mol. The van der Waals surface area contributed by atoms with Crippen LogP contribution in [0.5, 0.6) is 0 Å². The van der Waals surface area contributed by atoms with E-state index in [1.54, 1.807) is 6.92 Å². The van der Waals surface area contributed by atoms with Crippen LogP contribution < -0.4 is 0 Å². The Labute approximate surface area is 70.2 Å². The van der Waals surface area contributed by atoms with Gasteiger partial charge in [0.2, 0.25) is 0 Å². The van der Waals surface area contributed by atoms with Crippen LogP contribution in [-0.2, 0) is 4.74 Å². The van der Waals surface area contributed by atoms with Crippen molar-refractivity contribution in [3.63, 3.8) is 0 Å². The summed E-state index contributed by atoms with van der Waals surface area (Å²) in [7, 11) is 0. The van der Waals surface area contributed by atoms with Crippen LogP contribution >= 0.6 is 0 Å². The van der Waals surface area contributed by atoms with E-state index in [-0.39, 0.29) is 12.5 Å². The van der Waals surface area contributed by atoms with Gasteiger partial charge in [0, 0.05) is 5.92 Å². The third-order valence-corrected chi connectivity index (χ3v) is 2.26. The first kappa shape index (κ1) is 9.88. The summed E-state index contributed by atoms with van der Waals surface area (Å²) in [4.78, 5) is 0. The molecule has 1 aliphatic rings. The number of aliphatic hydroxyl groups is 4. The van der Waals surface area contributed by atoms with Crippen LogP contribution in [0.2, 0.25) is 0 Å². The molecule has 0 aliphatic carbocycles. The maximum atomic E-state index is 9.32. The second-order valence-corrected chi connectivity index (χ2v) is 3.09. The molecule has 4 N–H and O–H groups in total. The summed E-state index contributed by atoms with van der Waals surface area (Å²) in [5, 5.41) is 36.2. The first-order chi connectivity index (χ1) is 5.57. The van der Waals surface area contributed by atoms with E-state index in [4.69, 9.17) is 20.1 Å². The molecule has 0 saturated carbocycles. The van der Waals surface area contributed by atoms with Gasteiger partial charge < -0.3 is 25.2 Å². The molecule has 1 heterocycles. The zero-order valence-corrected chi connectivity index (χ0v) is 6.79. The Morgan fingerprint density at radius 3 is 2.25 bits per heavy atom. The topological polar surface area (TPSA) is 90.2 Å². The largest absolute Gasteiger partial charge is 0.394 e. The van der Waals surface area contributed by atoms with Crippen molar-refractivity contribution in [3.05, 3.63) is 0 Å². The predicted molar refractivity (Wildman–Crippen MR) is 39.1 cm³/mol. The monoisotopic (exact) mass is 178 g/mol. The maximum Gasteiger partial charge on any atom is 0.183 e. The highest BCUT2D eigenvalue weighted by atomic mass is 16.6. The van der Waals surface area contributed by atoms with Crippen molar-refractivity contribution >= 4 is 0 Å². The molecule has 0 amide bonds. The van der Waals surface area contributed by atoms with Gasteiger partial charge >= 0.3 is 0 Å². The van der Waals surface area contributed by atoms with Gasteiger partial charge in [-0.05, 0) is 0 Å². The molecule has 72 valence electrons. The van der Waals surface area contributed by atoms with Crippen molar-refractivity contribution in [1.82, 2.24) is 0 Å². The van der Waals surface area contributed by atoms with Gasteiger partial charge in [0.05, 0.1) is 18.8 Å². The van der Waals surface area contributed by atoms with Crippen LogP contribution in [0, 0.1) is 5.92 Å². The van der Waals surface area contributed by atoms with Crippen LogP contribution in [0.25, 0.3) is 0 Å². The molecular formula is C7H14O5. The Morgan fingerprint density at radius 1 is 1.17 bits per heavy atom. The standard InChI is InChI=1S/C7H14O5/c1-3-4(2-8)12-7(11)6(10)5(3)9/h3-11H,2H2,1H3/t3-,4?,5?,6?,7?/m1/s1. The smallest absolute Gasteiger partial charge is 0.183 e. The van der Waals surface area contributed by atoms with Gasteiger partial charge in [0.15, 0.2) is 6.29 Å². The maximum absolute atomic E-state index is 9.32. The van der Waals surface area contributed by atoms with Crippen LogP contribution in [0.3, 0.4) is 0 Å². The van der Waals surface area contributed by atoms with Crippen LogP contribution in [-0.4, -0.2) is 51.6 Å². The molecule has 1 fully saturated rings. The molecule has 0 aromatic carbocycles. The van der Waals surface area contributed by atoms with Crippen molar-refractivity contribution in [2.45, 2.75) is 31.5 Å². The number of rotatable bonds is 1. The Morgan fingerprint density at radius 2 is 1.75 bits per heavy atom. The van der Waals surface area contributed by atoms with E-state index in [0.717, 1.165) is 0 Å². The van der Waals surface area contributed by atoms with Crippen molar-refractivity contribution in [3.8, 4) is 0 Å². The van der Waals surface area contributed by atoms with E-state index in [0.29, 0.717) is 0 Å². The van der Waals surface area contributed by atoms with Gasteiger partial charge in [0.1, 0.15) is 6.10 Å². The highest BCUT2D eigenvalue weighted by Gasteiger charge is 2.40. The third kappa shape index (κ3) is 1.60. The van der Waals surface area contributed by atoms with Crippen LogP contribution in [0.15, 0.2) is 0 Å². The Bertz CT molecular complexity index is 146.